The van der Waals surface area contributed by atoms with Gasteiger partial charge < -0.3 is 14.6 Å². The maximum absolute atomic E-state index is 12.9. The lowest BCUT2D eigenvalue weighted by atomic mass is 9.57. The molecule has 1 amide bonds. The minimum atomic E-state index is -1.70. The first-order valence-corrected chi connectivity index (χ1v) is 10.2. The van der Waals surface area contributed by atoms with Gasteiger partial charge in [-0.1, -0.05) is 59.8 Å². The van der Waals surface area contributed by atoms with Crippen molar-refractivity contribution in [3.05, 3.63) is 35.9 Å². The number of alkyl halides is 1. The molecule has 1 aromatic carbocycles. The highest BCUT2D eigenvalue weighted by Crippen LogP contribution is 2.62. The number of nitrogens with zero attached hydrogens (tertiary/aromatic N) is 1. The monoisotopic (exact) mass is 485 g/mol. The number of esters is 1. The van der Waals surface area contributed by atoms with Crippen LogP contribution in [0.5, 0.6) is 0 Å². The van der Waals surface area contributed by atoms with E-state index in [0.717, 1.165) is 5.56 Å². The molecule has 8 heteroatoms. The summed E-state index contributed by atoms with van der Waals surface area (Å²) in [5, 5.41) is 9.93. The highest BCUT2D eigenvalue weighted by Gasteiger charge is 2.79. The molecule has 1 aromatic rings. The second kappa shape index (κ2) is 6.35. The smallest absolute Gasteiger partial charge is 0.410 e. The fourth-order valence-electron chi connectivity index (χ4n) is 4.95. The van der Waals surface area contributed by atoms with Crippen LogP contribution in [-0.2, 0) is 25.7 Å². The van der Waals surface area contributed by atoms with Crippen molar-refractivity contribution in [2.75, 3.05) is 6.54 Å². The Morgan fingerprint density at radius 2 is 2.07 bits per heavy atom. The van der Waals surface area contributed by atoms with Crippen LogP contribution in [0.3, 0.4) is 0 Å². The fraction of sp³-hybridized carbons (Fsp3) is 0.526. The number of carboxylic acids is 1. The molecule has 0 radical (unpaired) electrons. The molecule has 144 valence electrons. The fourth-order valence-corrected chi connectivity index (χ4v) is 6.34. The minimum Gasteiger partial charge on any atom is -0.480 e. The van der Waals surface area contributed by atoms with Crippen molar-refractivity contribution in [3.63, 3.8) is 0 Å². The quantitative estimate of drug-likeness (QED) is 0.305. The Morgan fingerprint density at radius 3 is 2.70 bits per heavy atom. The Morgan fingerprint density at radius 1 is 1.37 bits per heavy atom. The largest absolute Gasteiger partial charge is 0.480 e. The molecule has 0 aromatic heterocycles. The molecule has 0 unspecified atom stereocenters. The molecule has 5 atom stereocenters. The van der Waals surface area contributed by atoms with Gasteiger partial charge >= 0.3 is 18.0 Å². The Kier molecular flexibility index (Phi) is 4.36. The van der Waals surface area contributed by atoms with Gasteiger partial charge in [0.25, 0.3) is 0 Å². The molecule has 4 bridgehead atoms. The molecular formula is C19H20INO6. The maximum Gasteiger partial charge on any atom is 0.410 e. The summed E-state index contributed by atoms with van der Waals surface area (Å²) in [6, 6.07) is 8.42. The van der Waals surface area contributed by atoms with Crippen molar-refractivity contribution >= 4 is 40.6 Å². The van der Waals surface area contributed by atoms with Crippen LogP contribution in [-0.4, -0.2) is 50.2 Å². The number of hydrogen-bond acceptors (Lipinski definition) is 5. The van der Waals surface area contributed by atoms with Crippen LogP contribution in [0.2, 0.25) is 0 Å². The Balaban J connectivity index is 1.66. The van der Waals surface area contributed by atoms with Gasteiger partial charge in [0.05, 0.1) is 3.92 Å². The molecule has 1 saturated carbocycles. The van der Waals surface area contributed by atoms with E-state index in [4.69, 9.17) is 9.47 Å². The highest BCUT2D eigenvalue weighted by molar-refractivity contribution is 14.1. The van der Waals surface area contributed by atoms with E-state index in [1.54, 1.807) is 0 Å². The van der Waals surface area contributed by atoms with E-state index in [0.29, 0.717) is 13.0 Å². The Labute approximate surface area is 170 Å². The number of rotatable bonds is 4. The number of fused-ring (bicyclic) bond motifs is 1. The van der Waals surface area contributed by atoms with Crippen LogP contribution in [0, 0.1) is 11.3 Å². The topological polar surface area (TPSA) is 93.1 Å². The third-order valence-corrected chi connectivity index (χ3v) is 8.23. The van der Waals surface area contributed by atoms with Gasteiger partial charge in [0.15, 0.2) is 5.41 Å². The average molecular weight is 485 g/mol. The summed E-state index contributed by atoms with van der Waals surface area (Å²) in [6.45, 7) is 2.33. The summed E-state index contributed by atoms with van der Waals surface area (Å²) >= 11 is 2.25. The highest BCUT2D eigenvalue weighted by atomic mass is 127. The number of aliphatic carboxylic acids is 1. The molecule has 4 fully saturated rings. The third-order valence-electron chi connectivity index (χ3n) is 6.16. The summed E-state index contributed by atoms with van der Waals surface area (Å²) in [6.07, 6.45) is 0.0490. The standard InChI is InChI=1S/C19H20INO6/c1-2-19-13(20)12-8-18(15(22)23,16(24)27-19)14(19)21(9-12)17(25)26-10-11-6-4-3-5-7-11/h3-7,12-14H,2,8-10H2,1H3,(H,22,23)/t12-,13+,14-,18+,19+/m0/s1. The zero-order valence-corrected chi connectivity index (χ0v) is 16.9. The number of benzene rings is 1. The van der Waals surface area contributed by atoms with Crippen molar-refractivity contribution < 1.29 is 29.0 Å². The number of piperidine rings is 2. The predicted octanol–water partition coefficient (Wildman–Crippen LogP) is 2.61. The lowest BCUT2D eigenvalue weighted by Crippen LogP contribution is -2.74. The van der Waals surface area contributed by atoms with Crippen molar-refractivity contribution in [2.24, 2.45) is 11.3 Å². The Hall–Kier alpha value is -1.84. The van der Waals surface area contributed by atoms with Crippen LogP contribution in [0.4, 0.5) is 4.79 Å². The molecule has 3 saturated heterocycles. The molecule has 4 aliphatic rings. The molecule has 7 nitrogen and oxygen atoms in total. The zero-order valence-electron chi connectivity index (χ0n) is 14.8. The lowest BCUT2D eigenvalue weighted by molar-refractivity contribution is -0.166. The van der Waals surface area contributed by atoms with Crippen LogP contribution in [0.25, 0.3) is 0 Å². The van der Waals surface area contributed by atoms with Crippen LogP contribution >= 0.6 is 22.6 Å². The number of ether oxygens (including phenoxy) is 2. The lowest BCUT2D eigenvalue weighted by Gasteiger charge is -2.57. The molecular weight excluding hydrogens is 465 g/mol. The van der Waals surface area contributed by atoms with Crippen LogP contribution in [0.1, 0.15) is 25.3 Å². The minimum absolute atomic E-state index is 0.0396. The van der Waals surface area contributed by atoms with Gasteiger partial charge in [-0.05, 0) is 24.3 Å². The number of hydrogen-bond donors (Lipinski definition) is 1. The van der Waals surface area contributed by atoms with E-state index < -0.39 is 35.1 Å². The van der Waals surface area contributed by atoms with Gasteiger partial charge in [0, 0.05) is 6.54 Å². The number of carboxylic acid groups (broad SMARTS) is 1. The molecule has 1 aliphatic carbocycles. The number of carbonyl (C=O) groups is 3. The molecule has 0 spiro atoms. The zero-order chi connectivity index (χ0) is 19.4. The first-order valence-electron chi connectivity index (χ1n) is 8.95. The van der Waals surface area contributed by atoms with E-state index in [2.05, 4.69) is 22.6 Å². The summed E-state index contributed by atoms with van der Waals surface area (Å²) in [7, 11) is 0. The molecule has 27 heavy (non-hydrogen) atoms. The van der Waals surface area contributed by atoms with Crippen molar-refractivity contribution in [3.8, 4) is 0 Å². The molecule has 5 rings (SSSR count). The van der Waals surface area contributed by atoms with E-state index >= 15 is 0 Å². The van der Waals surface area contributed by atoms with Gasteiger partial charge in [-0.15, -0.1) is 0 Å². The first kappa shape index (κ1) is 18.5. The van der Waals surface area contributed by atoms with Gasteiger partial charge in [-0.25, -0.2) is 4.79 Å². The summed E-state index contributed by atoms with van der Waals surface area (Å²) in [5.74, 6) is -2.09. The number of carbonyl (C=O) groups excluding carboxylic acids is 2. The Bertz CT molecular complexity index is 801. The van der Waals surface area contributed by atoms with Crippen molar-refractivity contribution in [1.29, 1.82) is 0 Å². The van der Waals surface area contributed by atoms with Gasteiger partial charge in [-0.3, -0.25) is 14.5 Å². The summed E-state index contributed by atoms with van der Waals surface area (Å²) in [4.78, 5) is 39.1. The number of amides is 1. The van der Waals surface area contributed by atoms with Crippen molar-refractivity contribution in [2.45, 2.75) is 41.9 Å². The maximum atomic E-state index is 12.9. The second-order valence-corrected chi connectivity index (χ2v) is 8.78. The van der Waals surface area contributed by atoms with E-state index in [1.165, 1.54) is 4.90 Å². The molecule has 3 heterocycles. The van der Waals surface area contributed by atoms with Crippen molar-refractivity contribution in [1.82, 2.24) is 4.90 Å². The van der Waals surface area contributed by atoms with Crippen LogP contribution in [0.15, 0.2) is 30.3 Å². The second-order valence-electron chi connectivity index (χ2n) is 7.44. The van der Waals surface area contributed by atoms with Gasteiger partial charge in [0.1, 0.15) is 18.2 Å². The molecule has 3 aliphatic heterocycles. The summed E-state index contributed by atoms with van der Waals surface area (Å²) < 4.78 is 11.1. The predicted molar refractivity (Wildman–Crippen MR) is 102 cm³/mol. The number of halogens is 1. The van der Waals surface area contributed by atoms with Gasteiger partial charge in [-0.2, -0.15) is 0 Å². The van der Waals surface area contributed by atoms with Gasteiger partial charge in [0.2, 0.25) is 0 Å². The van der Waals surface area contributed by atoms with E-state index in [9.17, 15) is 19.5 Å². The van der Waals surface area contributed by atoms with E-state index in [1.807, 2.05) is 37.3 Å². The summed E-state index contributed by atoms with van der Waals surface area (Å²) in [5.41, 5.74) is -1.84. The molecule has 1 N–H and O–H groups in total. The average Bonchev–Trinajstić information content (AvgIpc) is 2.92. The third kappa shape index (κ3) is 2.41. The normalized spacial score (nSPS) is 36.4. The first-order chi connectivity index (χ1) is 12.9. The SMILES string of the molecule is CC[C@]12OC(=O)[C@]3(C(=O)O)C[C@@H](CN(C(=O)OCc4ccccc4)[C@@H]31)[C@H]2I. The van der Waals surface area contributed by atoms with E-state index in [-0.39, 0.29) is 22.9 Å². The van der Waals surface area contributed by atoms with Crippen LogP contribution < -0.4 is 0 Å².